The summed E-state index contributed by atoms with van der Waals surface area (Å²) in [6, 6.07) is 16.6. The number of hydrogen-bond donors (Lipinski definition) is 2. The minimum Gasteiger partial charge on any atom is -0.325 e. The van der Waals surface area contributed by atoms with Crippen LogP contribution in [0.15, 0.2) is 64.5 Å². The molecule has 0 aliphatic heterocycles. The predicted molar refractivity (Wildman–Crippen MR) is 107 cm³/mol. The van der Waals surface area contributed by atoms with Crippen LogP contribution in [0.25, 0.3) is 11.3 Å². The van der Waals surface area contributed by atoms with Crippen molar-refractivity contribution in [1.29, 1.82) is 0 Å². The molecule has 0 saturated carbocycles. The van der Waals surface area contributed by atoms with Crippen LogP contribution in [0.4, 0.5) is 5.69 Å². The molecule has 0 saturated heterocycles. The highest BCUT2D eigenvalue weighted by Crippen LogP contribution is 2.15. The zero-order valence-electron chi connectivity index (χ0n) is 12.9. The maximum absolute atomic E-state index is 12.1. The minimum atomic E-state index is -0.332. The monoisotopic (exact) mass is 464 g/mol. The smallest absolute Gasteiger partial charge is 0.278 e. The van der Waals surface area contributed by atoms with E-state index < -0.39 is 0 Å². The van der Waals surface area contributed by atoms with Gasteiger partial charge in [0.05, 0.1) is 5.75 Å². The Kier molecular flexibility index (Phi) is 5.82. The third kappa shape index (κ3) is 4.89. The summed E-state index contributed by atoms with van der Waals surface area (Å²) >= 11 is 3.32. The van der Waals surface area contributed by atoms with E-state index in [1.165, 1.54) is 0 Å². The van der Waals surface area contributed by atoms with E-state index in [1.807, 2.05) is 42.5 Å². The number of nitrogens with zero attached hydrogens (tertiary/aromatic N) is 2. The number of amides is 1. The topological polar surface area (TPSA) is 87.7 Å². The average Bonchev–Trinajstić information content (AvgIpc) is 2.63. The van der Waals surface area contributed by atoms with Crippen LogP contribution in [0.3, 0.4) is 0 Å². The van der Waals surface area contributed by atoms with Crippen molar-refractivity contribution in [2.75, 3.05) is 11.1 Å². The van der Waals surface area contributed by atoms with Crippen LogP contribution in [0, 0.1) is 3.57 Å². The average molecular weight is 464 g/mol. The van der Waals surface area contributed by atoms with Gasteiger partial charge >= 0.3 is 0 Å². The fourth-order valence-corrected chi connectivity index (χ4v) is 3.00. The Morgan fingerprint density at radius 3 is 2.48 bits per heavy atom. The Labute approximate surface area is 161 Å². The van der Waals surface area contributed by atoms with Crippen LogP contribution in [0.1, 0.15) is 0 Å². The Bertz CT molecular complexity index is 929. The maximum atomic E-state index is 12.1. The van der Waals surface area contributed by atoms with Gasteiger partial charge in [-0.3, -0.25) is 14.6 Å². The fraction of sp³-hybridized carbons (Fsp3) is 0.0588. The zero-order chi connectivity index (χ0) is 17.6. The molecule has 0 unspecified atom stereocenters. The maximum Gasteiger partial charge on any atom is 0.278 e. The number of carbonyl (C=O) groups is 1. The first-order valence-corrected chi connectivity index (χ1v) is 9.39. The second-order valence-corrected chi connectivity index (χ2v) is 7.23. The van der Waals surface area contributed by atoms with Gasteiger partial charge in [-0.05, 0) is 46.9 Å². The molecule has 0 aliphatic rings. The highest BCUT2D eigenvalue weighted by atomic mass is 127. The van der Waals surface area contributed by atoms with Gasteiger partial charge in [0.15, 0.2) is 10.9 Å². The largest absolute Gasteiger partial charge is 0.325 e. The van der Waals surface area contributed by atoms with Gasteiger partial charge in [0.25, 0.3) is 5.56 Å². The normalized spacial score (nSPS) is 10.4. The van der Waals surface area contributed by atoms with Crippen molar-refractivity contribution in [2.45, 2.75) is 5.16 Å². The summed E-state index contributed by atoms with van der Waals surface area (Å²) < 4.78 is 1.09. The molecular weight excluding hydrogens is 451 g/mol. The molecule has 126 valence electrons. The summed E-state index contributed by atoms with van der Waals surface area (Å²) in [5.74, 6) is -0.0534. The van der Waals surface area contributed by atoms with Crippen LogP contribution in [-0.2, 0) is 4.79 Å². The van der Waals surface area contributed by atoms with E-state index in [0.29, 0.717) is 10.7 Å². The number of rotatable bonds is 5. The first-order chi connectivity index (χ1) is 12.1. The zero-order valence-corrected chi connectivity index (χ0v) is 15.9. The molecule has 1 heterocycles. The predicted octanol–water partition coefficient (Wildman–Crippen LogP) is 3.17. The molecule has 0 atom stereocenters. The summed E-state index contributed by atoms with van der Waals surface area (Å²) in [6.07, 6.45) is 0. The van der Waals surface area contributed by atoms with Gasteiger partial charge in [-0.25, -0.2) is 0 Å². The number of carbonyl (C=O) groups excluding carboxylic acids is 1. The van der Waals surface area contributed by atoms with E-state index in [9.17, 15) is 9.59 Å². The molecule has 1 aromatic heterocycles. The number of thioether (sulfide) groups is 1. The number of aromatic amines is 1. The lowest BCUT2D eigenvalue weighted by Crippen LogP contribution is -2.17. The van der Waals surface area contributed by atoms with Crippen LogP contribution in [0.5, 0.6) is 0 Å². The van der Waals surface area contributed by atoms with E-state index in [1.54, 1.807) is 12.1 Å². The van der Waals surface area contributed by atoms with E-state index in [-0.39, 0.29) is 22.9 Å². The number of hydrogen-bond acceptors (Lipinski definition) is 5. The third-order valence-corrected chi connectivity index (χ3v) is 4.77. The lowest BCUT2D eigenvalue weighted by atomic mass is 10.2. The summed E-state index contributed by atoms with van der Waals surface area (Å²) in [5.41, 5.74) is 1.35. The molecular formula is C17H13IN4O2S. The molecule has 0 fully saturated rings. The molecule has 8 heteroatoms. The van der Waals surface area contributed by atoms with Crippen LogP contribution < -0.4 is 10.9 Å². The Morgan fingerprint density at radius 2 is 1.80 bits per heavy atom. The molecule has 0 radical (unpaired) electrons. The number of halogens is 1. The first-order valence-electron chi connectivity index (χ1n) is 7.32. The molecule has 1 amide bonds. The van der Waals surface area contributed by atoms with Gasteiger partial charge in [-0.1, -0.05) is 42.1 Å². The first kappa shape index (κ1) is 17.6. The summed E-state index contributed by atoms with van der Waals surface area (Å²) in [5, 5.41) is 11.1. The Morgan fingerprint density at radius 1 is 1.08 bits per heavy atom. The molecule has 25 heavy (non-hydrogen) atoms. The van der Waals surface area contributed by atoms with Gasteiger partial charge in [0.1, 0.15) is 0 Å². The summed E-state index contributed by atoms with van der Waals surface area (Å²) in [6.45, 7) is 0. The lowest BCUT2D eigenvalue weighted by molar-refractivity contribution is -0.113. The lowest BCUT2D eigenvalue weighted by Gasteiger charge is -2.05. The second kappa shape index (κ2) is 8.26. The van der Waals surface area contributed by atoms with Gasteiger partial charge < -0.3 is 5.32 Å². The van der Waals surface area contributed by atoms with Crippen molar-refractivity contribution >= 4 is 45.9 Å². The van der Waals surface area contributed by atoms with Crippen LogP contribution in [0.2, 0.25) is 0 Å². The van der Waals surface area contributed by atoms with Crippen LogP contribution >= 0.6 is 34.4 Å². The molecule has 2 N–H and O–H groups in total. The quantitative estimate of drug-likeness (QED) is 0.448. The molecule has 2 aromatic carbocycles. The number of aromatic nitrogens is 3. The van der Waals surface area contributed by atoms with E-state index >= 15 is 0 Å². The van der Waals surface area contributed by atoms with Gasteiger partial charge in [0.2, 0.25) is 5.91 Å². The number of benzene rings is 2. The number of anilines is 1. The van der Waals surface area contributed by atoms with Crippen molar-refractivity contribution in [1.82, 2.24) is 15.2 Å². The molecule has 3 aromatic rings. The highest BCUT2D eigenvalue weighted by Gasteiger charge is 2.09. The Balaban J connectivity index is 1.62. The van der Waals surface area contributed by atoms with Crippen LogP contribution in [-0.4, -0.2) is 26.8 Å². The number of H-pyrrole nitrogens is 1. The molecule has 0 bridgehead atoms. The molecule has 0 spiro atoms. The molecule has 6 nitrogen and oxygen atoms in total. The van der Waals surface area contributed by atoms with E-state index in [4.69, 9.17) is 0 Å². The molecule has 0 aliphatic carbocycles. The van der Waals surface area contributed by atoms with Crippen molar-refractivity contribution in [2.24, 2.45) is 0 Å². The fourth-order valence-electron chi connectivity index (χ4n) is 2.04. The van der Waals surface area contributed by atoms with Gasteiger partial charge in [-0.15, -0.1) is 10.2 Å². The second-order valence-electron chi connectivity index (χ2n) is 5.02. The highest BCUT2D eigenvalue weighted by molar-refractivity contribution is 14.1. The van der Waals surface area contributed by atoms with Gasteiger partial charge in [-0.2, -0.15) is 0 Å². The molecule has 3 rings (SSSR count). The standard InChI is InChI=1S/C17H13IN4O2S/c18-12-6-8-13(9-7-12)19-14(23)10-25-17-20-16(24)15(21-22-17)11-4-2-1-3-5-11/h1-9H,10H2,(H,19,23)(H,20,22,24). The van der Waals surface area contributed by atoms with E-state index in [0.717, 1.165) is 21.0 Å². The van der Waals surface area contributed by atoms with Gasteiger partial charge in [0, 0.05) is 14.8 Å². The van der Waals surface area contributed by atoms with E-state index in [2.05, 4.69) is 43.1 Å². The van der Waals surface area contributed by atoms with Crippen molar-refractivity contribution in [3.8, 4) is 11.3 Å². The summed E-state index contributed by atoms with van der Waals surface area (Å²) in [7, 11) is 0. The Hall–Kier alpha value is -2.20. The number of nitrogens with one attached hydrogen (secondary N) is 2. The summed E-state index contributed by atoms with van der Waals surface area (Å²) in [4.78, 5) is 26.8. The third-order valence-electron chi connectivity index (χ3n) is 3.19. The van der Waals surface area contributed by atoms with Crippen molar-refractivity contribution in [3.63, 3.8) is 0 Å². The SMILES string of the molecule is O=C(CSc1nnc(-c2ccccc2)c(=O)[nH]1)Nc1ccc(I)cc1. The minimum absolute atomic E-state index is 0.126. The van der Waals surface area contributed by atoms with Crippen molar-refractivity contribution in [3.05, 3.63) is 68.5 Å². The van der Waals surface area contributed by atoms with Crippen molar-refractivity contribution < 1.29 is 4.79 Å².